The number of rotatable bonds is 7. The third kappa shape index (κ3) is 3.54. The minimum Gasteiger partial charge on any atom is -0.497 e. The molecule has 1 aromatic heterocycles. The summed E-state index contributed by atoms with van der Waals surface area (Å²) in [6.45, 7) is 1.80. The van der Waals surface area contributed by atoms with Gasteiger partial charge in [0.15, 0.2) is 0 Å². The van der Waals surface area contributed by atoms with Crippen molar-refractivity contribution < 1.29 is 14.6 Å². The molecule has 0 radical (unpaired) electrons. The summed E-state index contributed by atoms with van der Waals surface area (Å²) in [4.78, 5) is 16.9. The van der Waals surface area contributed by atoms with Gasteiger partial charge >= 0.3 is 5.97 Å². The lowest BCUT2D eigenvalue weighted by Gasteiger charge is -2.35. The molecule has 0 bridgehead atoms. The number of carboxylic acids is 1. The summed E-state index contributed by atoms with van der Waals surface area (Å²) in [6, 6.07) is 21.3. The third-order valence-corrected chi connectivity index (χ3v) is 5.91. The Morgan fingerprint density at radius 3 is 2.50 bits per heavy atom. The van der Waals surface area contributed by atoms with Crippen molar-refractivity contribution >= 4 is 16.7 Å². The number of methoxy groups -OCH3 is 1. The monoisotopic (exact) mass is 400 g/mol. The number of fused-ring (bicyclic) bond motifs is 1. The Labute approximate surface area is 175 Å². The Morgan fingerprint density at radius 1 is 1.10 bits per heavy atom. The highest BCUT2D eigenvalue weighted by Crippen LogP contribution is 2.39. The fourth-order valence-corrected chi connectivity index (χ4v) is 4.03. The SMILES string of the molecule is COc1ccc2cc(C(C)(C(=O)O)C(Cc3ccccc3)n3ccnc3)ccc2c1. The zero-order valence-electron chi connectivity index (χ0n) is 17.0. The van der Waals surface area contributed by atoms with Crippen LogP contribution in [-0.2, 0) is 16.6 Å². The van der Waals surface area contributed by atoms with Gasteiger partial charge in [0, 0.05) is 12.4 Å². The van der Waals surface area contributed by atoms with Gasteiger partial charge in [0.2, 0.25) is 0 Å². The lowest BCUT2D eigenvalue weighted by atomic mass is 9.73. The van der Waals surface area contributed by atoms with Gasteiger partial charge in [0.25, 0.3) is 0 Å². The molecular weight excluding hydrogens is 376 g/mol. The molecule has 0 fully saturated rings. The molecular formula is C25H24N2O3. The van der Waals surface area contributed by atoms with E-state index in [0.29, 0.717) is 6.42 Å². The van der Waals surface area contributed by atoms with Gasteiger partial charge in [-0.15, -0.1) is 0 Å². The van der Waals surface area contributed by atoms with Crippen LogP contribution in [-0.4, -0.2) is 27.7 Å². The number of ether oxygens (including phenoxy) is 1. The standard InChI is InChI=1S/C25H24N2O3/c1-25(24(28)29,21-10-8-20-16-22(30-2)11-9-19(20)15-21)23(27-13-12-26-17-27)14-18-6-4-3-5-7-18/h3-13,15-17,23H,14H2,1-2H3,(H,28,29). The third-order valence-electron chi connectivity index (χ3n) is 5.91. The summed E-state index contributed by atoms with van der Waals surface area (Å²) in [5.74, 6) is -0.0957. The number of aromatic nitrogens is 2. The van der Waals surface area contributed by atoms with Crippen LogP contribution < -0.4 is 4.74 Å². The van der Waals surface area contributed by atoms with Crippen LogP contribution in [0.15, 0.2) is 85.5 Å². The Hall–Kier alpha value is -3.60. The largest absolute Gasteiger partial charge is 0.497 e. The minimum atomic E-state index is -1.16. The van der Waals surface area contributed by atoms with Crippen molar-refractivity contribution in [2.24, 2.45) is 0 Å². The average molecular weight is 400 g/mol. The molecule has 0 saturated heterocycles. The van der Waals surface area contributed by atoms with E-state index in [0.717, 1.165) is 27.6 Å². The fourth-order valence-electron chi connectivity index (χ4n) is 4.03. The van der Waals surface area contributed by atoms with Crippen LogP contribution in [0.3, 0.4) is 0 Å². The predicted molar refractivity (Wildman–Crippen MR) is 117 cm³/mol. The smallest absolute Gasteiger partial charge is 0.315 e. The zero-order valence-corrected chi connectivity index (χ0v) is 17.0. The van der Waals surface area contributed by atoms with Crippen molar-refractivity contribution in [3.63, 3.8) is 0 Å². The summed E-state index contributed by atoms with van der Waals surface area (Å²) in [6.07, 6.45) is 5.79. The Morgan fingerprint density at radius 2 is 1.83 bits per heavy atom. The number of carbonyl (C=O) groups is 1. The lowest BCUT2D eigenvalue weighted by molar-refractivity contribution is -0.145. The molecule has 1 N–H and O–H groups in total. The normalized spacial score (nSPS) is 14.2. The molecule has 152 valence electrons. The van der Waals surface area contributed by atoms with Crippen LogP contribution >= 0.6 is 0 Å². The fraction of sp³-hybridized carbons (Fsp3) is 0.200. The number of nitrogens with zero attached hydrogens (tertiary/aromatic N) is 2. The maximum atomic E-state index is 12.7. The number of carboxylic acid groups (broad SMARTS) is 1. The van der Waals surface area contributed by atoms with Gasteiger partial charge in [-0.05, 0) is 53.4 Å². The van der Waals surface area contributed by atoms with Gasteiger partial charge in [0.05, 0.1) is 19.5 Å². The number of hydrogen-bond acceptors (Lipinski definition) is 3. The molecule has 0 amide bonds. The van der Waals surface area contributed by atoms with Gasteiger partial charge in [-0.3, -0.25) is 4.79 Å². The molecule has 3 aromatic carbocycles. The Kier molecular flexibility index (Phi) is 5.27. The van der Waals surface area contributed by atoms with Crippen LogP contribution in [0.2, 0.25) is 0 Å². The number of aliphatic carboxylic acids is 1. The molecule has 4 aromatic rings. The van der Waals surface area contributed by atoms with Crippen molar-refractivity contribution in [3.05, 3.63) is 96.6 Å². The summed E-state index contributed by atoms with van der Waals surface area (Å²) in [5, 5.41) is 12.4. The van der Waals surface area contributed by atoms with E-state index in [1.807, 2.05) is 77.5 Å². The first-order chi connectivity index (χ1) is 14.5. The quantitative estimate of drug-likeness (QED) is 0.481. The maximum Gasteiger partial charge on any atom is 0.315 e. The van der Waals surface area contributed by atoms with Gasteiger partial charge in [-0.25, -0.2) is 4.98 Å². The summed E-state index contributed by atoms with van der Waals surface area (Å²) >= 11 is 0. The predicted octanol–water partition coefficient (Wildman–Crippen LogP) is 4.87. The van der Waals surface area contributed by atoms with Gasteiger partial charge in [-0.1, -0.05) is 48.5 Å². The first-order valence-corrected chi connectivity index (χ1v) is 9.85. The van der Waals surface area contributed by atoms with Crippen LogP contribution in [0.25, 0.3) is 10.8 Å². The van der Waals surface area contributed by atoms with Gasteiger partial charge < -0.3 is 14.4 Å². The Balaban J connectivity index is 1.84. The zero-order chi connectivity index (χ0) is 21.1. The van der Waals surface area contributed by atoms with E-state index in [2.05, 4.69) is 4.98 Å². The van der Waals surface area contributed by atoms with E-state index in [4.69, 9.17) is 4.74 Å². The van der Waals surface area contributed by atoms with Gasteiger partial charge in [-0.2, -0.15) is 0 Å². The molecule has 2 unspecified atom stereocenters. The second-order valence-electron chi connectivity index (χ2n) is 7.65. The van der Waals surface area contributed by atoms with E-state index < -0.39 is 11.4 Å². The van der Waals surface area contributed by atoms with E-state index in [9.17, 15) is 9.90 Å². The molecule has 1 heterocycles. The highest BCUT2D eigenvalue weighted by atomic mass is 16.5. The minimum absolute atomic E-state index is 0.351. The second kappa shape index (κ2) is 8.03. The van der Waals surface area contributed by atoms with Crippen molar-refractivity contribution in [3.8, 4) is 5.75 Å². The van der Waals surface area contributed by atoms with E-state index in [1.165, 1.54) is 0 Å². The first-order valence-electron chi connectivity index (χ1n) is 9.85. The average Bonchev–Trinajstić information content (AvgIpc) is 3.31. The van der Waals surface area contributed by atoms with E-state index in [1.54, 1.807) is 26.6 Å². The molecule has 0 aliphatic carbocycles. The molecule has 30 heavy (non-hydrogen) atoms. The highest BCUT2D eigenvalue weighted by molar-refractivity contribution is 5.88. The number of hydrogen-bond donors (Lipinski definition) is 1. The topological polar surface area (TPSA) is 64.3 Å². The lowest BCUT2D eigenvalue weighted by Crippen LogP contribution is -2.42. The summed E-state index contributed by atoms with van der Waals surface area (Å²) in [5.41, 5.74) is 0.668. The molecule has 2 atom stereocenters. The van der Waals surface area contributed by atoms with E-state index >= 15 is 0 Å². The molecule has 0 saturated carbocycles. The molecule has 5 heteroatoms. The number of imidazole rings is 1. The van der Waals surface area contributed by atoms with Crippen LogP contribution in [0.5, 0.6) is 5.75 Å². The first kappa shape index (κ1) is 19.7. The van der Waals surface area contributed by atoms with Crippen molar-refractivity contribution in [2.75, 3.05) is 7.11 Å². The van der Waals surface area contributed by atoms with E-state index in [-0.39, 0.29) is 6.04 Å². The summed E-state index contributed by atoms with van der Waals surface area (Å²) < 4.78 is 7.21. The summed E-state index contributed by atoms with van der Waals surface area (Å²) in [7, 11) is 1.64. The van der Waals surface area contributed by atoms with Crippen molar-refractivity contribution in [1.29, 1.82) is 0 Å². The second-order valence-corrected chi connectivity index (χ2v) is 7.65. The molecule has 0 aliphatic rings. The Bertz CT molecular complexity index is 1160. The van der Waals surface area contributed by atoms with Crippen LogP contribution in [0, 0.1) is 0 Å². The molecule has 0 aliphatic heterocycles. The number of benzene rings is 3. The van der Waals surface area contributed by atoms with Crippen LogP contribution in [0.4, 0.5) is 0 Å². The van der Waals surface area contributed by atoms with Crippen molar-refractivity contribution in [1.82, 2.24) is 9.55 Å². The molecule has 4 rings (SSSR count). The molecule has 0 spiro atoms. The maximum absolute atomic E-state index is 12.7. The highest BCUT2D eigenvalue weighted by Gasteiger charge is 2.44. The van der Waals surface area contributed by atoms with Crippen LogP contribution in [0.1, 0.15) is 24.1 Å². The van der Waals surface area contributed by atoms with Crippen molar-refractivity contribution in [2.45, 2.75) is 24.8 Å². The van der Waals surface area contributed by atoms with Gasteiger partial charge in [0.1, 0.15) is 11.2 Å². The molecule has 5 nitrogen and oxygen atoms in total.